The van der Waals surface area contributed by atoms with E-state index in [0.717, 1.165) is 52.1 Å². The number of esters is 5. The van der Waals surface area contributed by atoms with E-state index < -0.39 is 96.6 Å². The Labute approximate surface area is 303 Å². The molecule has 2 aromatic rings. The van der Waals surface area contributed by atoms with Gasteiger partial charge in [-0.2, -0.15) is 0 Å². The molecule has 2 N–H and O–H groups in total. The molecular formula is C34H39ClN2O13S. The first-order chi connectivity index (χ1) is 24.0. The summed E-state index contributed by atoms with van der Waals surface area (Å²) in [5.41, 5.74) is 1.08. The van der Waals surface area contributed by atoms with E-state index in [0.29, 0.717) is 4.90 Å². The molecule has 0 aliphatic carbocycles. The summed E-state index contributed by atoms with van der Waals surface area (Å²) in [4.78, 5) is 87.6. The van der Waals surface area contributed by atoms with Gasteiger partial charge in [0.25, 0.3) is 11.8 Å². The highest BCUT2D eigenvalue weighted by Gasteiger charge is 2.59. The van der Waals surface area contributed by atoms with Crippen molar-refractivity contribution >= 4 is 65.0 Å². The van der Waals surface area contributed by atoms with Crippen LogP contribution in [0.25, 0.3) is 0 Å². The summed E-state index contributed by atoms with van der Waals surface area (Å²) in [6.45, 7) is 4.94. The molecular weight excluding hydrogens is 712 g/mol. The van der Waals surface area contributed by atoms with Crippen LogP contribution in [0, 0.1) is 6.92 Å². The summed E-state index contributed by atoms with van der Waals surface area (Å²) < 4.78 is 33.4. The topological polar surface area (TPSA) is 199 Å². The number of carbonyl (C=O) groups is 7. The van der Waals surface area contributed by atoms with Crippen LogP contribution in [0.15, 0.2) is 53.4 Å². The molecule has 0 unspecified atom stereocenters. The van der Waals surface area contributed by atoms with E-state index in [4.69, 9.17) is 40.0 Å². The molecule has 276 valence electrons. The normalized spacial score (nSPS) is 20.8. The van der Waals surface area contributed by atoms with Crippen LogP contribution in [-0.2, 0) is 57.2 Å². The number of carbonyl (C=O) groups excluding carboxylic acids is 7. The number of hydrogen-bond acceptors (Lipinski definition) is 14. The quantitative estimate of drug-likeness (QED) is 0.211. The smallest absolute Gasteiger partial charge is 0.349 e. The van der Waals surface area contributed by atoms with Gasteiger partial charge in [-0.1, -0.05) is 47.1 Å². The maximum Gasteiger partial charge on any atom is 0.349 e. The van der Waals surface area contributed by atoms with Crippen molar-refractivity contribution in [3.05, 3.63) is 64.7 Å². The summed E-state index contributed by atoms with van der Waals surface area (Å²) >= 11 is 6.95. The first-order valence-corrected chi connectivity index (χ1v) is 16.7. The lowest BCUT2D eigenvalue weighted by atomic mass is 9.89. The fourth-order valence-electron chi connectivity index (χ4n) is 5.21. The highest BCUT2D eigenvalue weighted by atomic mass is 35.5. The van der Waals surface area contributed by atoms with Crippen molar-refractivity contribution in [3.63, 3.8) is 0 Å². The number of benzene rings is 2. The standard InChI is InChI=1S/C34H39ClN2O13S/c1-18-10-12-25(13-11-18)51-34(33(44)45-6)15-26(47-20(3)39)29(37-28(42)17-46-19(2)38)31(50-34)30(49-22(5)41)27(48-21(4)40)16-36-32(43)23-8-7-9-24(35)14-23/h7-14,26-27,29-31H,15-17H2,1-6H3,(H,36,43)(H,37,42)/t26-,27+,29+,30+,31+,34+/m0/s1. The van der Waals surface area contributed by atoms with Gasteiger partial charge in [0.1, 0.15) is 12.2 Å². The van der Waals surface area contributed by atoms with Crippen molar-refractivity contribution < 1.29 is 62.0 Å². The lowest BCUT2D eigenvalue weighted by Crippen LogP contribution is -2.68. The van der Waals surface area contributed by atoms with Crippen LogP contribution < -0.4 is 10.6 Å². The Balaban J connectivity index is 2.20. The van der Waals surface area contributed by atoms with Gasteiger partial charge in [-0.25, -0.2) is 4.79 Å². The molecule has 1 fully saturated rings. The van der Waals surface area contributed by atoms with Gasteiger partial charge in [0, 0.05) is 49.6 Å². The first kappa shape index (κ1) is 40.8. The summed E-state index contributed by atoms with van der Waals surface area (Å²) in [7, 11) is 1.11. The summed E-state index contributed by atoms with van der Waals surface area (Å²) in [5, 5.41) is 5.48. The third-order valence-corrected chi connectivity index (χ3v) is 8.76. The van der Waals surface area contributed by atoms with E-state index in [1.807, 2.05) is 6.92 Å². The Morgan fingerprint density at radius 2 is 1.61 bits per heavy atom. The van der Waals surface area contributed by atoms with Crippen LogP contribution in [0.3, 0.4) is 0 Å². The Bertz CT molecular complexity index is 1620. The number of hydrogen-bond donors (Lipinski definition) is 2. The molecule has 51 heavy (non-hydrogen) atoms. The van der Waals surface area contributed by atoms with Gasteiger partial charge in [-0.05, 0) is 37.3 Å². The predicted octanol–water partition coefficient (Wildman–Crippen LogP) is 2.67. The van der Waals surface area contributed by atoms with Crippen LogP contribution in [0.1, 0.15) is 50.0 Å². The van der Waals surface area contributed by atoms with Gasteiger partial charge in [-0.15, -0.1) is 0 Å². The van der Waals surface area contributed by atoms with Crippen LogP contribution in [0.4, 0.5) is 0 Å². The molecule has 6 atom stereocenters. The zero-order valence-corrected chi connectivity index (χ0v) is 30.3. The highest BCUT2D eigenvalue weighted by molar-refractivity contribution is 8.01. The van der Waals surface area contributed by atoms with Crippen LogP contribution in [-0.4, -0.2) is 97.3 Å². The number of methoxy groups -OCH3 is 1. The van der Waals surface area contributed by atoms with Crippen LogP contribution in [0.2, 0.25) is 5.02 Å². The average Bonchev–Trinajstić information content (AvgIpc) is 3.05. The molecule has 3 rings (SSSR count). The fraction of sp³-hybridized carbons (Fsp3) is 0.441. The lowest BCUT2D eigenvalue weighted by molar-refractivity contribution is -0.220. The maximum atomic E-state index is 13.7. The van der Waals surface area contributed by atoms with E-state index in [1.165, 1.54) is 12.1 Å². The number of ether oxygens (including phenoxy) is 6. The van der Waals surface area contributed by atoms with E-state index in [9.17, 15) is 33.6 Å². The molecule has 1 heterocycles. The van der Waals surface area contributed by atoms with Crippen molar-refractivity contribution in [2.24, 2.45) is 0 Å². The summed E-state index contributed by atoms with van der Waals surface area (Å²) in [6, 6.07) is 11.6. The number of rotatable bonds is 14. The van der Waals surface area contributed by atoms with Gasteiger partial charge < -0.3 is 39.1 Å². The molecule has 2 aromatic carbocycles. The van der Waals surface area contributed by atoms with Crippen LogP contribution >= 0.6 is 23.4 Å². The number of nitrogens with one attached hydrogen (secondary N) is 2. The van der Waals surface area contributed by atoms with Gasteiger partial charge in [0.05, 0.1) is 19.7 Å². The predicted molar refractivity (Wildman–Crippen MR) is 180 cm³/mol. The second-order valence-electron chi connectivity index (χ2n) is 11.4. The Hall–Kier alpha value is -4.67. The van der Waals surface area contributed by atoms with Crippen molar-refractivity contribution in [2.75, 3.05) is 20.3 Å². The van der Waals surface area contributed by atoms with E-state index in [-0.39, 0.29) is 10.6 Å². The molecule has 1 aliphatic rings. The minimum Gasteiger partial charge on any atom is -0.466 e. The zero-order chi connectivity index (χ0) is 37.9. The first-order valence-electron chi connectivity index (χ1n) is 15.5. The lowest BCUT2D eigenvalue weighted by Gasteiger charge is -2.48. The fourth-order valence-corrected chi connectivity index (χ4v) is 6.63. The van der Waals surface area contributed by atoms with E-state index >= 15 is 0 Å². The second-order valence-corrected chi connectivity index (χ2v) is 13.2. The summed E-state index contributed by atoms with van der Waals surface area (Å²) in [6.07, 6.45) is -6.65. The van der Waals surface area contributed by atoms with Crippen molar-refractivity contribution in [1.82, 2.24) is 10.6 Å². The molecule has 0 bridgehead atoms. The van der Waals surface area contributed by atoms with Gasteiger partial charge in [-0.3, -0.25) is 28.8 Å². The van der Waals surface area contributed by atoms with E-state index in [2.05, 4.69) is 10.6 Å². The number of aryl methyl sites for hydroxylation is 1. The van der Waals surface area contributed by atoms with E-state index in [1.54, 1.807) is 36.4 Å². The molecule has 0 aromatic heterocycles. The molecule has 17 heteroatoms. The SMILES string of the molecule is COC(=O)[C@]1(Sc2ccc(C)cc2)C[C@H](OC(C)=O)[C@@H](NC(=O)COC(C)=O)[C@H]([C@H](OC(C)=O)[C@@H](CNC(=O)c2cccc(Cl)c2)OC(C)=O)O1. The number of amides is 2. The van der Waals surface area contributed by atoms with Gasteiger partial charge in [0.15, 0.2) is 18.8 Å². The second kappa shape index (κ2) is 18.5. The Morgan fingerprint density at radius 3 is 2.18 bits per heavy atom. The minimum absolute atomic E-state index is 0.159. The molecule has 0 spiro atoms. The monoisotopic (exact) mass is 750 g/mol. The van der Waals surface area contributed by atoms with Crippen molar-refractivity contribution in [1.29, 1.82) is 0 Å². The molecule has 0 saturated carbocycles. The molecule has 1 aliphatic heterocycles. The molecule has 2 amide bonds. The molecule has 1 saturated heterocycles. The highest BCUT2D eigenvalue weighted by Crippen LogP contribution is 2.46. The third kappa shape index (κ3) is 12.0. The van der Waals surface area contributed by atoms with Gasteiger partial charge >= 0.3 is 29.8 Å². The average molecular weight is 751 g/mol. The number of thioether (sulfide) groups is 1. The minimum atomic E-state index is -2.02. The largest absolute Gasteiger partial charge is 0.466 e. The van der Waals surface area contributed by atoms with Crippen molar-refractivity contribution in [3.8, 4) is 0 Å². The summed E-state index contributed by atoms with van der Waals surface area (Å²) in [5.74, 6) is -5.78. The number of halogens is 1. The molecule has 15 nitrogen and oxygen atoms in total. The van der Waals surface area contributed by atoms with Crippen molar-refractivity contribution in [2.45, 2.75) is 81.3 Å². The van der Waals surface area contributed by atoms with Crippen LogP contribution in [0.5, 0.6) is 0 Å². The third-order valence-electron chi connectivity index (χ3n) is 7.26. The molecule has 0 radical (unpaired) electrons. The maximum absolute atomic E-state index is 13.7. The Morgan fingerprint density at radius 1 is 0.941 bits per heavy atom. The van der Waals surface area contributed by atoms with Gasteiger partial charge in [0.2, 0.25) is 4.93 Å². The Kier molecular flexibility index (Phi) is 14.8. The zero-order valence-electron chi connectivity index (χ0n) is 28.7.